The van der Waals surface area contributed by atoms with Gasteiger partial charge >= 0.3 is 6.18 Å². The number of alkyl halides is 3. The number of carbonyl (C=O) groups excluding carboxylic acids is 1. The molecule has 2 heterocycles. The lowest BCUT2D eigenvalue weighted by atomic mass is 9.99. The van der Waals surface area contributed by atoms with Gasteiger partial charge in [-0.05, 0) is 29.8 Å². The SMILES string of the molecule is O=C(Nc1ccnc(OCC(O)CO)c1)c1ccc2cccc(-c3cccc(C(F)(F)F)c3)c2n1. The Morgan fingerprint density at radius 2 is 1.86 bits per heavy atom. The van der Waals surface area contributed by atoms with Crippen LogP contribution in [0.4, 0.5) is 18.9 Å². The van der Waals surface area contributed by atoms with Crippen molar-refractivity contribution < 1.29 is 32.9 Å². The van der Waals surface area contributed by atoms with Gasteiger partial charge in [-0.3, -0.25) is 4.79 Å². The van der Waals surface area contributed by atoms with Crippen LogP contribution >= 0.6 is 0 Å². The van der Waals surface area contributed by atoms with Gasteiger partial charge in [0.1, 0.15) is 18.4 Å². The van der Waals surface area contributed by atoms with E-state index in [9.17, 15) is 23.1 Å². The van der Waals surface area contributed by atoms with Gasteiger partial charge in [0.15, 0.2) is 0 Å². The molecule has 0 saturated heterocycles. The maximum Gasteiger partial charge on any atom is 0.416 e. The van der Waals surface area contributed by atoms with Gasteiger partial charge in [-0.15, -0.1) is 0 Å². The summed E-state index contributed by atoms with van der Waals surface area (Å²) in [7, 11) is 0. The third-order valence-electron chi connectivity index (χ3n) is 5.08. The zero-order chi connectivity index (χ0) is 25.0. The van der Waals surface area contributed by atoms with Crippen molar-refractivity contribution in [1.82, 2.24) is 9.97 Å². The summed E-state index contributed by atoms with van der Waals surface area (Å²) in [6, 6.07) is 16.2. The van der Waals surface area contributed by atoms with E-state index in [1.54, 1.807) is 30.3 Å². The van der Waals surface area contributed by atoms with E-state index in [0.717, 1.165) is 12.1 Å². The Kier molecular flexibility index (Phi) is 6.94. The Balaban J connectivity index is 1.61. The standard InChI is InChI=1S/C25H20F3N3O4/c26-25(27,28)17-5-1-4-16(11-17)20-6-2-3-15-7-8-21(31-23(15)20)24(34)30-18-9-10-29-22(12-18)35-14-19(33)13-32/h1-12,19,32-33H,13-14H2,(H,29,30,34). The third kappa shape index (κ3) is 5.73. The maximum atomic E-state index is 13.2. The second kappa shape index (κ2) is 10.1. The minimum absolute atomic E-state index is 0.0620. The first kappa shape index (κ1) is 24.1. The number of carbonyl (C=O) groups is 1. The molecule has 7 nitrogen and oxygen atoms in total. The molecule has 4 aromatic rings. The predicted octanol–water partition coefficient (Wildman–Crippen LogP) is 4.30. The Bertz CT molecular complexity index is 1360. The van der Waals surface area contributed by atoms with Gasteiger partial charge in [-0.2, -0.15) is 13.2 Å². The first-order valence-electron chi connectivity index (χ1n) is 10.5. The highest BCUT2D eigenvalue weighted by molar-refractivity contribution is 6.05. The lowest BCUT2D eigenvalue weighted by Gasteiger charge is -2.12. The molecule has 0 spiro atoms. The third-order valence-corrected chi connectivity index (χ3v) is 5.08. The molecule has 4 rings (SSSR count). The molecule has 0 fully saturated rings. The van der Waals surface area contributed by atoms with Gasteiger partial charge in [0.05, 0.1) is 17.7 Å². The highest BCUT2D eigenvalue weighted by Crippen LogP contribution is 2.34. The summed E-state index contributed by atoms with van der Waals surface area (Å²) in [6.45, 7) is -0.641. The van der Waals surface area contributed by atoms with E-state index in [1.165, 1.54) is 30.5 Å². The molecule has 2 aromatic carbocycles. The first-order valence-corrected chi connectivity index (χ1v) is 10.5. The number of rotatable bonds is 7. The maximum absolute atomic E-state index is 13.2. The lowest BCUT2D eigenvalue weighted by Crippen LogP contribution is -2.21. The summed E-state index contributed by atoms with van der Waals surface area (Å²) >= 11 is 0. The van der Waals surface area contributed by atoms with Gasteiger partial charge in [0, 0.05) is 28.9 Å². The molecule has 1 amide bonds. The number of halogens is 3. The van der Waals surface area contributed by atoms with Gasteiger partial charge < -0.3 is 20.3 Å². The monoisotopic (exact) mass is 483 g/mol. The zero-order valence-corrected chi connectivity index (χ0v) is 18.2. The van der Waals surface area contributed by atoms with E-state index >= 15 is 0 Å². The van der Waals surface area contributed by atoms with Crippen molar-refractivity contribution in [3.63, 3.8) is 0 Å². The minimum Gasteiger partial charge on any atom is -0.475 e. The fraction of sp³-hybridized carbons (Fsp3) is 0.160. The van der Waals surface area contributed by atoms with Gasteiger partial charge in [-0.25, -0.2) is 9.97 Å². The quantitative estimate of drug-likeness (QED) is 0.362. The van der Waals surface area contributed by atoms with E-state index < -0.39 is 30.4 Å². The molecule has 0 aliphatic heterocycles. The summed E-state index contributed by atoms with van der Waals surface area (Å²) in [5.74, 6) is -0.410. The highest BCUT2D eigenvalue weighted by Gasteiger charge is 2.30. The Labute approximate surface area is 197 Å². The number of hydrogen-bond acceptors (Lipinski definition) is 6. The average molecular weight is 483 g/mol. The highest BCUT2D eigenvalue weighted by atomic mass is 19.4. The van der Waals surface area contributed by atoms with Crippen molar-refractivity contribution in [2.24, 2.45) is 0 Å². The normalized spacial score (nSPS) is 12.4. The molecule has 10 heteroatoms. The fourth-order valence-corrected chi connectivity index (χ4v) is 3.37. The van der Waals surface area contributed by atoms with Crippen LogP contribution < -0.4 is 10.1 Å². The molecule has 180 valence electrons. The molecule has 0 radical (unpaired) electrons. The number of nitrogens with one attached hydrogen (secondary N) is 1. The molecule has 0 aliphatic rings. The van der Waals surface area contributed by atoms with Crippen molar-refractivity contribution in [3.05, 3.63) is 84.2 Å². The number of pyridine rings is 2. The molecule has 3 N–H and O–H groups in total. The Hall–Kier alpha value is -4.02. The molecule has 1 unspecified atom stereocenters. The summed E-state index contributed by atoms with van der Waals surface area (Å²) in [5.41, 5.74) is 0.819. The first-order chi connectivity index (χ1) is 16.7. The molecule has 2 aromatic heterocycles. The number of benzene rings is 2. The van der Waals surface area contributed by atoms with Crippen molar-refractivity contribution in [2.45, 2.75) is 12.3 Å². The summed E-state index contributed by atoms with van der Waals surface area (Å²) in [6.07, 6.45) is -4.15. The molecule has 0 bridgehead atoms. The summed E-state index contributed by atoms with van der Waals surface area (Å²) < 4.78 is 44.9. The molecular formula is C25H20F3N3O4. The van der Waals surface area contributed by atoms with Crippen LogP contribution in [-0.2, 0) is 6.18 Å². The number of hydrogen-bond donors (Lipinski definition) is 3. The van der Waals surface area contributed by atoms with Crippen LogP contribution in [0.25, 0.3) is 22.0 Å². The van der Waals surface area contributed by atoms with E-state index in [0.29, 0.717) is 27.7 Å². The second-order valence-electron chi connectivity index (χ2n) is 7.64. The molecule has 0 aliphatic carbocycles. The van der Waals surface area contributed by atoms with Crippen molar-refractivity contribution in [1.29, 1.82) is 0 Å². The number of aromatic nitrogens is 2. The lowest BCUT2D eigenvalue weighted by molar-refractivity contribution is -0.137. The van der Waals surface area contributed by atoms with Crippen molar-refractivity contribution >= 4 is 22.5 Å². The number of aliphatic hydroxyl groups excluding tert-OH is 2. The van der Waals surface area contributed by atoms with Crippen LogP contribution in [0.3, 0.4) is 0 Å². The number of fused-ring (bicyclic) bond motifs is 1. The van der Waals surface area contributed by atoms with Crippen molar-refractivity contribution in [3.8, 4) is 17.0 Å². The van der Waals surface area contributed by atoms with E-state index in [1.807, 2.05) is 0 Å². The predicted molar refractivity (Wildman–Crippen MR) is 123 cm³/mol. The van der Waals surface area contributed by atoms with Crippen LogP contribution in [0.1, 0.15) is 16.1 Å². The van der Waals surface area contributed by atoms with Crippen LogP contribution in [0.2, 0.25) is 0 Å². The number of anilines is 1. The fourth-order valence-electron chi connectivity index (χ4n) is 3.37. The van der Waals surface area contributed by atoms with E-state index in [4.69, 9.17) is 9.84 Å². The number of para-hydroxylation sites is 1. The smallest absolute Gasteiger partial charge is 0.416 e. The number of ether oxygens (including phenoxy) is 1. The molecule has 1 atom stereocenters. The number of amides is 1. The topological polar surface area (TPSA) is 105 Å². The van der Waals surface area contributed by atoms with Gasteiger partial charge in [0.25, 0.3) is 5.91 Å². The van der Waals surface area contributed by atoms with Crippen LogP contribution in [0, 0.1) is 0 Å². The zero-order valence-electron chi connectivity index (χ0n) is 18.2. The summed E-state index contributed by atoms with van der Waals surface area (Å²) in [4.78, 5) is 21.3. The largest absolute Gasteiger partial charge is 0.475 e. The van der Waals surface area contributed by atoms with E-state index in [-0.39, 0.29) is 18.2 Å². The molecule has 35 heavy (non-hydrogen) atoms. The second-order valence-corrected chi connectivity index (χ2v) is 7.64. The van der Waals surface area contributed by atoms with Crippen LogP contribution in [0.15, 0.2) is 72.9 Å². The molecule has 0 saturated carbocycles. The molecular weight excluding hydrogens is 463 g/mol. The average Bonchev–Trinajstić information content (AvgIpc) is 2.86. The number of aliphatic hydroxyl groups is 2. The van der Waals surface area contributed by atoms with Gasteiger partial charge in [-0.1, -0.05) is 36.4 Å². The van der Waals surface area contributed by atoms with Crippen LogP contribution in [-0.4, -0.2) is 45.4 Å². The van der Waals surface area contributed by atoms with Crippen molar-refractivity contribution in [2.75, 3.05) is 18.5 Å². The minimum atomic E-state index is -4.48. The van der Waals surface area contributed by atoms with Crippen LogP contribution in [0.5, 0.6) is 5.88 Å². The summed E-state index contributed by atoms with van der Waals surface area (Å²) in [5, 5.41) is 21.6. The van der Waals surface area contributed by atoms with Gasteiger partial charge in [0.2, 0.25) is 5.88 Å². The van der Waals surface area contributed by atoms with E-state index in [2.05, 4.69) is 15.3 Å². The number of nitrogens with zero attached hydrogens (tertiary/aromatic N) is 2. The Morgan fingerprint density at radius 3 is 2.63 bits per heavy atom. The Morgan fingerprint density at radius 1 is 1.06 bits per heavy atom.